The summed E-state index contributed by atoms with van der Waals surface area (Å²) in [6, 6.07) is -0.287. The fraction of sp³-hybridized carbons (Fsp3) is 0.900. The van der Waals surface area contributed by atoms with Crippen LogP contribution in [0.5, 0.6) is 0 Å². The number of ether oxygens (including phenoxy) is 1. The van der Waals surface area contributed by atoms with Gasteiger partial charge in [-0.15, -0.1) is 0 Å². The summed E-state index contributed by atoms with van der Waals surface area (Å²) < 4.78 is 4.97. The van der Waals surface area contributed by atoms with Gasteiger partial charge in [0.1, 0.15) is 6.04 Å². The van der Waals surface area contributed by atoms with E-state index in [-0.39, 0.29) is 24.0 Å². The highest BCUT2D eigenvalue weighted by Gasteiger charge is 2.40. The molecule has 0 bridgehead atoms. The zero-order valence-corrected chi connectivity index (χ0v) is 9.08. The third-order valence-corrected chi connectivity index (χ3v) is 2.67. The van der Waals surface area contributed by atoms with Crippen LogP contribution in [0.25, 0.3) is 0 Å². The molecule has 0 aromatic rings. The van der Waals surface area contributed by atoms with Crippen molar-refractivity contribution in [1.82, 2.24) is 5.48 Å². The fourth-order valence-electron chi connectivity index (χ4n) is 1.89. The molecule has 1 fully saturated rings. The third-order valence-electron chi connectivity index (χ3n) is 2.67. The lowest BCUT2D eigenvalue weighted by atomic mass is 9.91. The van der Waals surface area contributed by atoms with Gasteiger partial charge in [0, 0.05) is 5.92 Å². The van der Waals surface area contributed by atoms with E-state index in [9.17, 15) is 4.79 Å². The maximum Gasteiger partial charge on any atom is 0.325 e. The Balaban J connectivity index is 2.57. The van der Waals surface area contributed by atoms with Gasteiger partial charge in [0.2, 0.25) is 0 Å². The molecule has 0 unspecified atom stereocenters. The number of hydroxylamine groups is 1. The molecule has 1 aliphatic rings. The molecule has 0 spiro atoms. The molecule has 0 amide bonds. The Morgan fingerprint density at radius 1 is 1.36 bits per heavy atom. The SMILES string of the molecule is CCOC(=O)[C@@H]1NO[C@@H](CC)[C@H]1CC. The van der Waals surface area contributed by atoms with E-state index < -0.39 is 0 Å². The van der Waals surface area contributed by atoms with Gasteiger partial charge in [-0.3, -0.25) is 9.63 Å². The highest BCUT2D eigenvalue weighted by Crippen LogP contribution is 2.25. The minimum Gasteiger partial charge on any atom is -0.465 e. The Hall–Kier alpha value is -0.610. The minimum absolute atomic E-state index is 0.134. The Kier molecular flexibility index (Phi) is 4.35. The molecular weight excluding hydrogens is 182 g/mol. The van der Waals surface area contributed by atoms with Crippen molar-refractivity contribution < 1.29 is 14.4 Å². The summed E-state index contributed by atoms with van der Waals surface area (Å²) in [5, 5.41) is 0. The van der Waals surface area contributed by atoms with Gasteiger partial charge in [-0.25, -0.2) is 0 Å². The normalized spacial score (nSPS) is 31.8. The standard InChI is InChI=1S/C10H19NO3/c1-4-7-8(5-2)14-11-9(7)10(12)13-6-3/h7-9,11H,4-6H2,1-3H3/t7-,8+,9-/m1/s1. The van der Waals surface area contributed by atoms with Crippen LogP contribution in [0.3, 0.4) is 0 Å². The Labute approximate surface area is 84.9 Å². The molecule has 0 radical (unpaired) electrons. The molecule has 0 aromatic carbocycles. The second-order valence-electron chi connectivity index (χ2n) is 3.48. The number of nitrogens with one attached hydrogen (secondary N) is 1. The van der Waals surface area contributed by atoms with Gasteiger partial charge >= 0.3 is 5.97 Å². The van der Waals surface area contributed by atoms with Crippen LogP contribution in [0.1, 0.15) is 33.6 Å². The van der Waals surface area contributed by atoms with Gasteiger partial charge in [0.05, 0.1) is 12.7 Å². The van der Waals surface area contributed by atoms with Crippen molar-refractivity contribution >= 4 is 5.97 Å². The van der Waals surface area contributed by atoms with Crippen molar-refractivity contribution in [3.05, 3.63) is 0 Å². The molecular formula is C10H19NO3. The van der Waals surface area contributed by atoms with Crippen molar-refractivity contribution in [3.8, 4) is 0 Å². The second-order valence-corrected chi connectivity index (χ2v) is 3.48. The summed E-state index contributed by atoms with van der Waals surface area (Å²) in [5.74, 6) is 0.0364. The number of rotatable bonds is 4. The molecule has 3 atom stereocenters. The van der Waals surface area contributed by atoms with E-state index in [1.807, 2.05) is 6.92 Å². The molecule has 1 saturated heterocycles. The first-order valence-electron chi connectivity index (χ1n) is 5.32. The molecule has 1 N–H and O–H groups in total. The molecule has 14 heavy (non-hydrogen) atoms. The van der Waals surface area contributed by atoms with E-state index in [2.05, 4.69) is 19.3 Å². The predicted molar refractivity (Wildman–Crippen MR) is 52.5 cm³/mol. The van der Waals surface area contributed by atoms with E-state index in [1.165, 1.54) is 0 Å². The summed E-state index contributed by atoms with van der Waals surface area (Å²) in [7, 11) is 0. The van der Waals surface area contributed by atoms with Crippen LogP contribution >= 0.6 is 0 Å². The lowest BCUT2D eigenvalue weighted by Gasteiger charge is -2.17. The molecule has 0 saturated carbocycles. The van der Waals surface area contributed by atoms with Crippen molar-refractivity contribution in [1.29, 1.82) is 0 Å². The summed E-state index contributed by atoms with van der Waals surface area (Å²) in [4.78, 5) is 16.8. The highest BCUT2D eigenvalue weighted by molar-refractivity contribution is 5.76. The Morgan fingerprint density at radius 3 is 2.57 bits per heavy atom. The van der Waals surface area contributed by atoms with E-state index in [4.69, 9.17) is 9.57 Å². The van der Waals surface area contributed by atoms with Crippen LogP contribution in [0.2, 0.25) is 0 Å². The highest BCUT2D eigenvalue weighted by atomic mass is 16.7. The van der Waals surface area contributed by atoms with Crippen molar-refractivity contribution in [2.45, 2.75) is 45.8 Å². The minimum atomic E-state index is -0.287. The van der Waals surface area contributed by atoms with E-state index in [1.54, 1.807) is 0 Å². The Morgan fingerprint density at radius 2 is 2.07 bits per heavy atom. The first kappa shape index (κ1) is 11.5. The fourth-order valence-corrected chi connectivity index (χ4v) is 1.89. The summed E-state index contributed by atoms with van der Waals surface area (Å²) >= 11 is 0. The molecule has 4 nitrogen and oxygen atoms in total. The van der Waals surface area contributed by atoms with Gasteiger partial charge in [-0.05, 0) is 19.8 Å². The van der Waals surface area contributed by atoms with Gasteiger partial charge in [0.25, 0.3) is 0 Å². The van der Waals surface area contributed by atoms with Gasteiger partial charge < -0.3 is 4.74 Å². The molecule has 0 aromatic heterocycles. The van der Waals surface area contributed by atoms with Crippen LogP contribution in [0.15, 0.2) is 0 Å². The maximum atomic E-state index is 11.5. The quantitative estimate of drug-likeness (QED) is 0.696. The van der Waals surface area contributed by atoms with E-state index in [0.717, 1.165) is 12.8 Å². The Bertz CT molecular complexity index is 196. The lowest BCUT2D eigenvalue weighted by molar-refractivity contribution is -0.147. The van der Waals surface area contributed by atoms with Gasteiger partial charge in [-0.1, -0.05) is 13.8 Å². The van der Waals surface area contributed by atoms with Crippen LogP contribution in [0.4, 0.5) is 0 Å². The zero-order chi connectivity index (χ0) is 10.6. The topological polar surface area (TPSA) is 47.6 Å². The van der Waals surface area contributed by atoms with Crippen LogP contribution in [-0.4, -0.2) is 24.7 Å². The summed E-state index contributed by atoms with van der Waals surface area (Å²) in [6.45, 7) is 6.36. The van der Waals surface area contributed by atoms with Crippen LogP contribution in [0, 0.1) is 5.92 Å². The number of carbonyl (C=O) groups is 1. The van der Waals surface area contributed by atoms with Crippen molar-refractivity contribution in [3.63, 3.8) is 0 Å². The van der Waals surface area contributed by atoms with Crippen LogP contribution < -0.4 is 5.48 Å². The number of hydrogen-bond acceptors (Lipinski definition) is 4. The maximum absolute atomic E-state index is 11.5. The summed E-state index contributed by atoms with van der Waals surface area (Å²) in [5.41, 5.74) is 2.77. The van der Waals surface area contributed by atoms with E-state index in [0.29, 0.717) is 6.61 Å². The monoisotopic (exact) mass is 201 g/mol. The molecule has 1 heterocycles. The second kappa shape index (κ2) is 5.32. The largest absolute Gasteiger partial charge is 0.465 e. The summed E-state index contributed by atoms with van der Waals surface area (Å²) in [6.07, 6.45) is 1.98. The smallest absolute Gasteiger partial charge is 0.325 e. The number of esters is 1. The van der Waals surface area contributed by atoms with Crippen LogP contribution in [-0.2, 0) is 14.4 Å². The lowest BCUT2D eigenvalue weighted by Crippen LogP contribution is -2.37. The number of carbonyl (C=O) groups excluding carboxylic acids is 1. The van der Waals surface area contributed by atoms with E-state index >= 15 is 0 Å². The molecule has 1 rings (SSSR count). The molecule has 4 heteroatoms. The zero-order valence-electron chi connectivity index (χ0n) is 9.08. The van der Waals surface area contributed by atoms with Crippen molar-refractivity contribution in [2.24, 2.45) is 5.92 Å². The van der Waals surface area contributed by atoms with Gasteiger partial charge in [-0.2, -0.15) is 5.48 Å². The van der Waals surface area contributed by atoms with Crippen molar-refractivity contribution in [2.75, 3.05) is 6.61 Å². The molecule has 82 valence electrons. The molecule has 0 aliphatic carbocycles. The van der Waals surface area contributed by atoms with Gasteiger partial charge in [0.15, 0.2) is 0 Å². The average Bonchev–Trinajstić information content (AvgIpc) is 2.60. The molecule has 1 aliphatic heterocycles. The third kappa shape index (κ3) is 2.25. The predicted octanol–water partition coefficient (Wildman–Crippen LogP) is 1.26. The first-order valence-corrected chi connectivity index (χ1v) is 5.32. The number of hydrogen-bond donors (Lipinski definition) is 1. The first-order chi connectivity index (χ1) is 6.74. The average molecular weight is 201 g/mol.